The molecule has 0 N–H and O–H groups in total. The molecule has 7 nitrogen and oxygen atoms in total. The topological polar surface area (TPSA) is 69.6 Å². The van der Waals surface area contributed by atoms with E-state index in [1.165, 1.54) is 11.3 Å². The molecule has 0 radical (unpaired) electrons. The van der Waals surface area contributed by atoms with Crippen molar-refractivity contribution in [3.05, 3.63) is 101 Å². The van der Waals surface area contributed by atoms with E-state index in [1.807, 2.05) is 102 Å². The van der Waals surface area contributed by atoms with Gasteiger partial charge in [0, 0.05) is 31.7 Å². The van der Waals surface area contributed by atoms with E-state index in [2.05, 4.69) is 15.1 Å². The third-order valence-corrected chi connectivity index (χ3v) is 7.58. The first-order valence-corrected chi connectivity index (χ1v) is 13.3. The zero-order valence-electron chi connectivity index (χ0n) is 20.7. The molecule has 1 fully saturated rings. The smallest absolute Gasteiger partial charge is 0.264 e. The summed E-state index contributed by atoms with van der Waals surface area (Å²) in [4.78, 5) is 33.0. The number of hydrogen-bond acceptors (Lipinski definition) is 6. The van der Waals surface area contributed by atoms with Gasteiger partial charge < -0.3 is 14.7 Å². The molecule has 1 saturated heterocycles. The van der Waals surface area contributed by atoms with Crippen molar-refractivity contribution in [1.82, 2.24) is 20.0 Å². The van der Waals surface area contributed by atoms with Crippen LogP contribution in [0, 0.1) is 0 Å². The fraction of sp³-hybridized carbons (Fsp3) is 0.241. The predicted octanol–water partition coefficient (Wildman–Crippen LogP) is 4.76. The molecule has 0 saturated carbocycles. The van der Waals surface area contributed by atoms with Crippen LogP contribution in [0.1, 0.15) is 28.2 Å². The third-order valence-electron chi connectivity index (χ3n) is 6.72. The predicted molar refractivity (Wildman–Crippen MR) is 146 cm³/mol. The van der Waals surface area contributed by atoms with Crippen LogP contribution in [-0.2, 0) is 4.79 Å². The van der Waals surface area contributed by atoms with Gasteiger partial charge in [-0.15, -0.1) is 21.5 Å². The highest BCUT2D eigenvalue weighted by Gasteiger charge is 2.29. The van der Waals surface area contributed by atoms with Gasteiger partial charge in [0.1, 0.15) is 6.54 Å². The zero-order chi connectivity index (χ0) is 25.6. The van der Waals surface area contributed by atoms with Crippen molar-refractivity contribution in [3.63, 3.8) is 0 Å². The molecule has 37 heavy (non-hydrogen) atoms. The van der Waals surface area contributed by atoms with Crippen LogP contribution in [0.3, 0.4) is 0 Å². The molecule has 0 spiro atoms. The van der Waals surface area contributed by atoms with E-state index in [-0.39, 0.29) is 24.4 Å². The summed E-state index contributed by atoms with van der Waals surface area (Å²) in [5.41, 5.74) is 2.87. The molecule has 2 aromatic heterocycles. The number of carbonyl (C=O) groups is 2. The minimum atomic E-state index is -0.223. The number of benzene rings is 2. The van der Waals surface area contributed by atoms with Crippen molar-refractivity contribution in [2.24, 2.45) is 0 Å². The largest absolute Gasteiger partial charge is 0.352 e. The summed E-state index contributed by atoms with van der Waals surface area (Å²) >= 11 is 1.40. The van der Waals surface area contributed by atoms with Gasteiger partial charge in [-0.3, -0.25) is 9.59 Å². The van der Waals surface area contributed by atoms with Crippen LogP contribution in [-0.4, -0.2) is 64.5 Å². The number of rotatable bonds is 7. The fourth-order valence-corrected chi connectivity index (χ4v) is 5.20. The average molecular weight is 512 g/mol. The molecule has 0 aliphatic carbocycles. The maximum absolute atomic E-state index is 13.4. The minimum absolute atomic E-state index is 0.0401. The summed E-state index contributed by atoms with van der Waals surface area (Å²) < 4.78 is 0. The van der Waals surface area contributed by atoms with Crippen LogP contribution >= 0.6 is 11.3 Å². The standard InChI is InChI=1S/C29H29N5O2S/c1-22(23-9-4-2-5-10-23)34(29(36)26-13-8-20-37-26)21-28(35)33-18-16-32(17-19-33)27-15-14-25(30-31-27)24-11-6-3-7-12-24/h2-15,20,22H,16-19,21H2,1H3. The Balaban J connectivity index is 1.23. The average Bonchev–Trinajstić information content (AvgIpc) is 3.52. The first-order valence-electron chi connectivity index (χ1n) is 12.4. The van der Waals surface area contributed by atoms with Gasteiger partial charge in [-0.25, -0.2) is 0 Å². The molecule has 1 unspecified atom stereocenters. The Morgan fingerprint density at radius 1 is 0.865 bits per heavy atom. The minimum Gasteiger partial charge on any atom is -0.352 e. The zero-order valence-corrected chi connectivity index (χ0v) is 21.6. The van der Waals surface area contributed by atoms with E-state index in [1.54, 1.807) is 4.90 Å². The number of anilines is 1. The summed E-state index contributed by atoms with van der Waals surface area (Å²) in [6, 6.07) is 27.2. The van der Waals surface area contributed by atoms with Crippen LogP contribution < -0.4 is 4.90 Å². The highest BCUT2D eigenvalue weighted by Crippen LogP contribution is 2.25. The molecule has 5 rings (SSSR count). The third kappa shape index (κ3) is 5.70. The number of nitrogens with zero attached hydrogens (tertiary/aromatic N) is 5. The highest BCUT2D eigenvalue weighted by atomic mass is 32.1. The molecule has 4 aromatic rings. The van der Waals surface area contributed by atoms with Crippen molar-refractivity contribution in [1.29, 1.82) is 0 Å². The van der Waals surface area contributed by atoms with Crippen molar-refractivity contribution in [3.8, 4) is 11.3 Å². The molecule has 1 atom stereocenters. The van der Waals surface area contributed by atoms with Gasteiger partial charge in [0.05, 0.1) is 16.6 Å². The maximum atomic E-state index is 13.4. The van der Waals surface area contributed by atoms with Gasteiger partial charge >= 0.3 is 0 Å². The number of thiophene rings is 1. The number of piperazine rings is 1. The molecule has 2 amide bonds. The van der Waals surface area contributed by atoms with Crippen molar-refractivity contribution < 1.29 is 9.59 Å². The molecule has 1 aliphatic rings. The van der Waals surface area contributed by atoms with Crippen molar-refractivity contribution >= 4 is 29.0 Å². The monoisotopic (exact) mass is 511 g/mol. The lowest BCUT2D eigenvalue weighted by molar-refractivity contribution is -0.132. The molecule has 1 aliphatic heterocycles. The molecule has 0 bridgehead atoms. The molecule has 3 heterocycles. The Bertz CT molecular complexity index is 1310. The van der Waals surface area contributed by atoms with E-state index in [4.69, 9.17) is 0 Å². The molecule has 8 heteroatoms. The lowest BCUT2D eigenvalue weighted by atomic mass is 10.1. The van der Waals surface area contributed by atoms with E-state index in [0.717, 1.165) is 22.6 Å². The maximum Gasteiger partial charge on any atom is 0.264 e. The van der Waals surface area contributed by atoms with Crippen LogP contribution in [0.5, 0.6) is 0 Å². The van der Waals surface area contributed by atoms with Gasteiger partial charge in [-0.1, -0.05) is 66.7 Å². The first kappa shape index (κ1) is 24.6. The second-order valence-corrected chi connectivity index (χ2v) is 9.96. The number of amides is 2. The molecule has 188 valence electrons. The Morgan fingerprint density at radius 3 is 2.19 bits per heavy atom. The normalized spacial score (nSPS) is 14.3. The van der Waals surface area contributed by atoms with Crippen LogP contribution in [0.4, 0.5) is 5.82 Å². The second-order valence-electron chi connectivity index (χ2n) is 9.01. The SMILES string of the molecule is CC(c1ccccc1)N(CC(=O)N1CCN(c2ccc(-c3ccccc3)nn2)CC1)C(=O)c1cccs1. The summed E-state index contributed by atoms with van der Waals surface area (Å²) in [6.07, 6.45) is 0. The first-order chi connectivity index (χ1) is 18.1. The van der Waals surface area contributed by atoms with Crippen LogP contribution in [0.2, 0.25) is 0 Å². The van der Waals surface area contributed by atoms with Gasteiger partial charge in [-0.05, 0) is 36.1 Å². The van der Waals surface area contributed by atoms with E-state index in [0.29, 0.717) is 31.1 Å². The van der Waals surface area contributed by atoms with Crippen molar-refractivity contribution in [2.45, 2.75) is 13.0 Å². The van der Waals surface area contributed by atoms with E-state index >= 15 is 0 Å². The molecule has 2 aromatic carbocycles. The lowest BCUT2D eigenvalue weighted by Crippen LogP contribution is -2.52. The van der Waals surface area contributed by atoms with E-state index in [9.17, 15) is 9.59 Å². The van der Waals surface area contributed by atoms with Crippen molar-refractivity contribution in [2.75, 3.05) is 37.6 Å². The van der Waals surface area contributed by atoms with Crippen LogP contribution in [0.15, 0.2) is 90.3 Å². The summed E-state index contributed by atoms with van der Waals surface area (Å²) in [5.74, 6) is 0.643. The highest BCUT2D eigenvalue weighted by molar-refractivity contribution is 7.12. The number of hydrogen-bond donors (Lipinski definition) is 0. The van der Waals surface area contributed by atoms with Crippen LogP contribution in [0.25, 0.3) is 11.3 Å². The summed E-state index contributed by atoms with van der Waals surface area (Å²) in [5, 5.41) is 10.7. The Kier molecular flexibility index (Phi) is 7.56. The van der Waals surface area contributed by atoms with Gasteiger partial charge in [-0.2, -0.15) is 0 Å². The fourth-order valence-electron chi connectivity index (χ4n) is 4.53. The second kappa shape index (κ2) is 11.3. The summed E-state index contributed by atoms with van der Waals surface area (Å²) in [6.45, 7) is 4.49. The number of aromatic nitrogens is 2. The quantitative estimate of drug-likeness (QED) is 0.358. The van der Waals surface area contributed by atoms with Gasteiger partial charge in [0.2, 0.25) is 5.91 Å². The molecular formula is C29H29N5O2S. The summed E-state index contributed by atoms with van der Waals surface area (Å²) in [7, 11) is 0. The molecular weight excluding hydrogens is 482 g/mol. The van der Waals surface area contributed by atoms with Gasteiger partial charge in [0.15, 0.2) is 5.82 Å². The van der Waals surface area contributed by atoms with Gasteiger partial charge in [0.25, 0.3) is 5.91 Å². The number of carbonyl (C=O) groups excluding carboxylic acids is 2. The lowest BCUT2D eigenvalue weighted by Gasteiger charge is -2.37. The van der Waals surface area contributed by atoms with E-state index < -0.39 is 0 Å². The Hall–Kier alpha value is -4.04. The Labute approximate surface area is 221 Å². The Morgan fingerprint density at radius 2 is 1.57 bits per heavy atom.